The maximum atomic E-state index is 10.8. The summed E-state index contributed by atoms with van der Waals surface area (Å²) in [6.45, 7) is 0.741. The highest BCUT2D eigenvalue weighted by Gasteiger charge is 2.12. The molecule has 1 amide bonds. The molecule has 0 radical (unpaired) electrons. The summed E-state index contributed by atoms with van der Waals surface area (Å²) in [6.07, 6.45) is 4.72. The van der Waals surface area contributed by atoms with Crippen molar-refractivity contribution in [1.29, 1.82) is 0 Å². The highest BCUT2D eigenvalue weighted by atomic mass is 16.1. The molecule has 2 rings (SSSR count). The van der Waals surface area contributed by atoms with Crippen LogP contribution >= 0.6 is 0 Å². The maximum Gasteiger partial charge on any atom is 0.217 e. The molecule has 3 N–H and O–H groups in total. The molecule has 0 aliphatic heterocycles. The zero-order chi connectivity index (χ0) is 14.2. The number of aromatic nitrogens is 1. The lowest BCUT2D eigenvalue weighted by Gasteiger charge is -2.19. The van der Waals surface area contributed by atoms with Crippen LogP contribution in [-0.4, -0.2) is 17.4 Å². The minimum absolute atomic E-state index is 0.104. The predicted octanol–water partition coefficient (Wildman–Crippen LogP) is 2.03. The van der Waals surface area contributed by atoms with E-state index in [0.717, 1.165) is 18.5 Å². The first-order valence-electron chi connectivity index (χ1n) is 6.74. The number of pyridine rings is 1. The Hall–Kier alpha value is -2.20. The molecule has 0 spiro atoms. The number of carbonyl (C=O) groups is 1. The van der Waals surface area contributed by atoms with Crippen molar-refractivity contribution in [2.24, 2.45) is 5.73 Å². The summed E-state index contributed by atoms with van der Waals surface area (Å²) < 4.78 is 0. The molecule has 4 heteroatoms. The normalized spacial score (nSPS) is 12.0. The number of hydrogen-bond donors (Lipinski definition) is 2. The van der Waals surface area contributed by atoms with Crippen LogP contribution in [0.3, 0.4) is 0 Å². The lowest BCUT2D eigenvalue weighted by atomic mass is 9.99. The number of nitrogens with zero attached hydrogens (tertiary/aromatic N) is 1. The van der Waals surface area contributed by atoms with E-state index in [4.69, 9.17) is 5.73 Å². The van der Waals surface area contributed by atoms with Gasteiger partial charge in [0, 0.05) is 18.8 Å². The molecule has 0 aliphatic rings. The smallest absolute Gasteiger partial charge is 0.217 e. The van der Waals surface area contributed by atoms with Crippen LogP contribution < -0.4 is 11.1 Å². The second-order valence-electron chi connectivity index (χ2n) is 4.65. The van der Waals surface area contributed by atoms with E-state index in [1.165, 1.54) is 5.56 Å². The van der Waals surface area contributed by atoms with Gasteiger partial charge in [-0.1, -0.05) is 30.3 Å². The summed E-state index contributed by atoms with van der Waals surface area (Å²) >= 11 is 0. The fourth-order valence-corrected chi connectivity index (χ4v) is 2.14. The summed E-state index contributed by atoms with van der Waals surface area (Å²) in [4.78, 5) is 14.8. The zero-order valence-electron chi connectivity index (χ0n) is 11.3. The van der Waals surface area contributed by atoms with Crippen molar-refractivity contribution < 1.29 is 4.79 Å². The van der Waals surface area contributed by atoms with Crippen LogP contribution in [0.2, 0.25) is 0 Å². The lowest BCUT2D eigenvalue weighted by Crippen LogP contribution is -2.24. The molecule has 0 aliphatic carbocycles. The first-order chi connectivity index (χ1) is 9.77. The van der Waals surface area contributed by atoms with E-state index in [0.29, 0.717) is 6.42 Å². The molecule has 1 aromatic carbocycles. The number of nitrogens with two attached hydrogens (primary N) is 1. The molecule has 0 bridgehead atoms. The molecule has 0 saturated carbocycles. The van der Waals surface area contributed by atoms with Crippen LogP contribution in [-0.2, 0) is 4.79 Å². The van der Waals surface area contributed by atoms with Crippen LogP contribution in [0.1, 0.15) is 30.0 Å². The van der Waals surface area contributed by atoms with Crippen molar-refractivity contribution in [2.45, 2.75) is 18.9 Å². The average Bonchev–Trinajstić information content (AvgIpc) is 2.49. The van der Waals surface area contributed by atoms with E-state index < -0.39 is 0 Å². The van der Waals surface area contributed by atoms with Crippen molar-refractivity contribution in [3.63, 3.8) is 0 Å². The van der Waals surface area contributed by atoms with Gasteiger partial charge in [0.25, 0.3) is 0 Å². The number of hydrogen-bond acceptors (Lipinski definition) is 3. The van der Waals surface area contributed by atoms with Gasteiger partial charge in [0.2, 0.25) is 5.91 Å². The van der Waals surface area contributed by atoms with Crippen LogP contribution in [0.5, 0.6) is 0 Å². The molecule has 0 saturated heterocycles. The predicted molar refractivity (Wildman–Crippen MR) is 79.0 cm³/mol. The van der Waals surface area contributed by atoms with Gasteiger partial charge in [0.15, 0.2) is 0 Å². The SMILES string of the molecule is NC(=O)CCCNC(c1ccccc1)c1ccncc1. The van der Waals surface area contributed by atoms with Crippen LogP contribution in [0.4, 0.5) is 0 Å². The molecular weight excluding hydrogens is 250 g/mol. The Morgan fingerprint density at radius 2 is 1.75 bits per heavy atom. The molecule has 1 aromatic heterocycles. The number of nitrogens with one attached hydrogen (secondary N) is 1. The van der Waals surface area contributed by atoms with Gasteiger partial charge in [0.05, 0.1) is 6.04 Å². The third kappa shape index (κ3) is 4.17. The maximum absolute atomic E-state index is 10.8. The fourth-order valence-electron chi connectivity index (χ4n) is 2.14. The van der Waals surface area contributed by atoms with Gasteiger partial charge >= 0.3 is 0 Å². The Morgan fingerprint density at radius 3 is 2.40 bits per heavy atom. The number of primary amides is 1. The quantitative estimate of drug-likeness (QED) is 0.756. The third-order valence-corrected chi connectivity index (χ3v) is 3.12. The summed E-state index contributed by atoms with van der Waals surface area (Å²) in [6, 6.07) is 14.3. The van der Waals surface area contributed by atoms with Crippen molar-refractivity contribution in [3.8, 4) is 0 Å². The fraction of sp³-hybridized carbons (Fsp3) is 0.250. The standard InChI is InChI=1S/C16H19N3O/c17-15(20)7-4-10-19-16(13-5-2-1-3-6-13)14-8-11-18-12-9-14/h1-3,5-6,8-9,11-12,16,19H,4,7,10H2,(H2,17,20). The lowest BCUT2D eigenvalue weighted by molar-refractivity contribution is -0.118. The van der Waals surface area contributed by atoms with Crippen LogP contribution in [0.15, 0.2) is 54.9 Å². The van der Waals surface area contributed by atoms with Crippen LogP contribution in [0.25, 0.3) is 0 Å². The third-order valence-electron chi connectivity index (χ3n) is 3.12. The highest BCUT2D eigenvalue weighted by molar-refractivity contribution is 5.73. The highest BCUT2D eigenvalue weighted by Crippen LogP contribution is 2.21. The van der Waals surface area contributed by atoms with Gasteiger partial charge < -0.3 is 11.1 Å². The van der Waals surface area contributed by atoms with Gasteiger partial charge in [-0.15, -0.1) is 0 Å². The monoisotopic (exact) mass is 269 g/mol. The van der Waals surface area contributed by atoms with E-state index >= 15 is 0 Å². The van der Waals surface area contributed by atoms with Crippen molar-refractivity contribution >= 4 is 5.91 Å². The van der Waals surface area contributed by atoms with Crippen molar-refractivity contribution in [1.82, 2.24) is 10.3 Å². The van der Waals surface area contributed by atoms with E-state index in [1.54, 1.807) is 12.4 Å². The minimum Gasteiger partial charge on any atom is -0.370 e. The Balaban J connectivity index is 2.07. The second kappa shape index (κ2) is 7.40. The van der Waals surface area contributed by atoms with E-state index in [-0.39, 0.29) is 11.9 Å². The Bertz CT molecular complexity index is 488. The van der Waals surface area contributed by atoms with Crippen molar-refractivity contribution in [3.05, 3.63) is 66.0 Å². The van der Waals surface area contributed by atoms with Crippen molar-refractivity contribution in [2.75, 3.05) is 6.54 Å². The van der Waals surface area contributed by atoms with Gasteiger partial charge in [-0.05, 0) is 36.2 Å². The van der Waals surface area contributed by atoms with Gasteiger partial charge in [0.1, 0.15) is 0 Å². The first-order valence-corrected chi connectivity index (χ1v) is 6.74. The molecule has 104 valence electrons. The average molecular weight is 269 g/mol. The number of amides is 1. The summed E-state index contributed by atoms with van der Waals surface area (Å²) in [5.74, 6) is -0.257. The Labute approximate surface area is 119 Å². The van der Waals surface area contributed by atoms with Gasteiger partial charge in [-0.3, -0.25) is 9.78 Å². The zero-order valence-corrected chi connectivity index (χ0v) is 11.3. The number of carbonyl (C=O) groups excluding carboxylic acids is 1. The van der Waals surface area contributed by atoms with Gasteiger partial charge in [-0.2, -0.15) is 0 Å². The number of benzene rings is 1. The Kier molecular flexibility index (Phi) is 5.26. The molecule has 2 aromatic rings. The second-order valence-corrected chi connectivity index (χ2v) is 4.65. The summed E-state index contributed by atoms with van der Waals surface area (Å²) in [5, 5.41) is 3.47. The topological polar surface area (TPSA) is 68.0 Å². The molecule has 20 heavy (non-hydrogen) atoms. The largest absolute Gasteiger partial charge is 0.370 e. The molecule has 1 heterocycles. The summed E-state index contributed by atoms with van der Waals surface area (Å²) in [7, 11) is 0. The minimum atomic E-state index is -0.257. The molecule has 0 fully saturated rings. The van der Waals surface area contributed by atoms with E-state index in [9.17, 15) is 4.79 Å². The Morgan fingerprint density at radius 1 is 1.10 bits per heavy atom. The van der Waals surface area contributed by atoms with E-state index in [2.05, 4.69) is 22.4 Å². The van der Waals surface area contributed by atoms with Gasteiger partial charge in [-0.25, -0.2) is 0 Å². The molecule has 1 unspecified atom stereocenters. The summed E-state index contributed by atoms with van der Waals surface area (Å²) in [5.41, 5.74) is 7.51. The number of rotatable bonds is 7. The van der Waals surface area contributed by atoms with Crippen LogP contribution in [0, 0.1) is 0 Å². The van der Waals surface area contributed by atoms with E-state index in [1.807, 2.05) is 30.3 Å². The molecule has 1 atom stereocenters. The molecular formula is C16H19N3O. The first kappa shape index (κ1) is 14.2. The molecule has 4 nitrogen and oxygen atoms in total.